The van der Waals surface area contributed by atoms with Gasteiger partial charge in [0, 0.05) is 31.5 Å². The van der Waals surface area contributed by atoms with E-state index in [0.29, 0.717) is 12.5 Å². The van der Waals surface area contributed by atoms with Crippen molar-refractivity contribution in [1.29, 1.82) is 0 Å². The summed E-state index contributed by atoms with van der Waals surface area (Å²) in [7, 11) is 0. The normalized spacial score (nSPS) is 39.0. The summed E-state index contributed by atoms with van der Waals surface area (Å²) >= 11 is 0. The van der Waals surface area contributed by atoms with Gasteiger partial charge in [-0.2, -0.15) is 0 Å². The maximum Gasteiger partial charge on any atom is 0.130 e. The van der Waals surface area contributed by atoms with E-state index in [0.717, 1.165) is 13.1 Å². The van der Waals surface area contributed by atoms with Crippen molar-refractivity contribution in [1.82, 2.24) is 4.90 Å². The van der Waals surface area contributed by atoms with Crippen molar-refractivity contribution < 1.29 is 5.11 Å². The van der Waals surface area contributed by atoms with Crippen LogP contribution < -0.4 is 0 Å². The van der Waals surface area contributed by atoms with Crippen LogP contribution in [-0.4, -0.2) is 34.7 Å². The number of aliphatic hydroxyl groups is 1. The van der Waals surface area contributed by atoms with Crippen LogP contribution in [0.15, 0.2) is 12.7 Å². The minimum absolute atomic E-state index is 0.128. The number of likely N-dealkylation sites (tertiary alicyclic amines) is 1. The average molecular weight is 193 g/mol. The van der Waals surface area contributed by atoms with Crippen LogP contribution in [0.1, 0.15) is 20.3 Å². The fourth-order valence-corrected chi connectivity index (χ4v) is 2.08. The molecule has 0 aromatic rings. The molecule has 0 spiro atoms. The monoisotopic (exact) mass is 193 g/mol. The lowest BCUT2D eigenvalue weighted by atomic mass is 9.79. The van der Waals surface area contributed by atoms with E-state index in [-0.39, 0.29) is 5.92 Å². The average Bonchev–Trinajstić information content (AvgIpc) is 2.15. The molecule has 1 aliphatic rings. The van der Waals surface area contributed by atoms with Crippen molar-refractivity contribution in [2.75, 3.05) is 13.1 Å². The summed E-state index contributed by atoms with van der Waals surface area (Å²) in [6.07, 6.45) is 7.91. The summed E-state index contributed by atoms with van der Waals surface area (Å²) < 4.78 is 0. The predicted molar refractivity (Wildman–Crippen MR) is 58.8 cm³/mol. The van der Waals surface area contributed by atoms with Crippen molar-refractivity contribution in [2.45, 2.75) is 31.9 Å². The zero-order chi connectivity index (χ0) is 10.8. The van der Waals surface area contributed by atoms with Crippen molar-refractivity contribution in [3.63, 3.8) is 0 Å². The van der Waals surface area contributed by atoms with Crippen LogP contribution in [0.4, 0.5) is 0 Å². The Morgan fingerprint density at radius 1 is 1.71 bits per heavy atom. The van der Waals surface area contributed by atoms with Gasteiger partial charge in [-0.25, -0.2) is 0 Å². The zero-order valence-electron chi connectivity index (χ0n) is 9.03. The number of rotatable bonds is 2. The number of piperidine rings is 1. The molecular formula is C12H19NO. The second kappa shape index (κ2) is 4.16. The largest absolute Gasteiger partial charge is 0.377 e. The SMILES string of the molecule is C#CC1(O)CC(C)N(CC=C)CC1C. The fraction of sp³-hybridized carbons (Fsp3) is 0.667. The highest BCUT2D eigenvalue weighted by Gasteiger charge is 2.40. The molecule has 3 atom stereocenters. The number of hydrogen-bond acceptors (Lipinski definition) is 2. The molecule has 1 aliphatic heterocycles. The Labute approximate surface area is 86.6 Å². The van der Waals surface area contributed by atoms with E-state index in [1.54, 1.807) is 0 Å². The van der Waals surface area contributed by atoms with Gasteiger partial charge in [-0.15, -0.1) is 13.0 Å². The summed E-state index contributed by atoms with van der Waals surface area (Å²) in [5.41, 5.74) is -0.920. The zero-order valence-corrected chi connectivity index (χ0v) is 9.03. The van der Waals surface area contributed by atoms with E-state index in [9.17, 15) is 5.11 Å². The maximum absolute atomic E-state index is 10.1. The van der Waals surface area contributed by atoms with Crippen LogP contribution in [-0.2, 0) is 0 Å². The molecule has 0 saturated carbocycles. The molecule has 1 heterocycles. The Balaban J connectivity index is 2.72. The van der Waals surface area contributed by atoms with Gasteiger partial charge in [0.25, 0.3) is 0 Å². The third-order valence-corrected chi connectivity index (χ3v) is 3.17. The molecule has 0 radical (unpaired) electrons. The van der Waals surface area contributed by atoms with Gasteiger partial charge in [0.1, 0.15) is 5.60 Å². The highest BCUT2D eigenvalue weighted by molar-refractivity contribution is 5.13. The Morgan fingerprint density at radius 2 is 2.36 bits per heavy atom. The summed E-state index contributed by atoms with van der Waals surface area (Å²) in [5, 5.41) is 10.1. The molecule has 0 amide bonds. The lowest BCUT2D eigenvalue weighted by molar-refractivity contribution is -0.0393. The second-order valence-corrected chi connectivity index (χ2v) is 4.27. The minimum atomic E-state index is -0.920. The van der Waals surface area contributed by atoms with Gasteiger partial charge in [-0.3, -0.25) is 4.90 Å². The van der Waals surface area contributed by atoms with E-state index in [1.165, 1.54) is 0 Å². The number of hydrogen-bond donors (Lipinski definition) is 1. The fourth-order valence-electron chi connectivity index (χ4n) is 2.08. The molecule has 78 valence electrons. The van der Waals surface area contributed by atoms with Gasteiger partial charge in [-0.1, -0.05) is 18.9 Å². The van der Waals surface area contributed by atoms with Crippen molar-refractivity contribution in [3.05, 3.63) is 12.7 Å². The van der Waals surface area contributed by atoms with Crippen LogP contribution in [0, 0.1) is 18.3 Å². The Kier molecular flexibility index (Phi) is 3.36. The van der Waals surface area contributed by atoms with E-state index in [4.69, 9.17) is 6.42 Å². The minimum Gasteiger partial charge on any atom is -0.377 e. The first-order valence-corrected chi connectivity index (χ1v) is 5.08. The van der Waals surface area contributed by atoms with Crippen molar-refractivity contribution in [3.8, 4) is 12.3 Å². The van der Waals surface area contributed by atoms with Gasteiger partial charge in [0.05, 0.1) is 0 Å². The third-order valence-electron chi connectivity index (χ3n) is 3.17. The molecule has 0 aromatic heterocycles. The molecule has 0 aliphatic carbocycles. The standard InChI is InChI=1S/C12H19NO/c1-5-7-13-9-10(3)12(14,6-2)8-11(13)4/h2,5,10-11,14H,1,7-9H2,3-4H3. The van der Waals surface area contributed by atoms with Gasteiger partial charge in [0.15, 0.2) is 0 Å². The first kappa shape index (κ1) is 11.3. The van der Waals surface area contributed by atoms with E-state index in [1.807, 2.05) is 13.0 Å². The summed E-state index contributed by atoms with van der Waals surface area (Å²) in [4.78, 5) is 2.30. The highest BCUT2D eigenvalue weighted by atomic mass is 16.3. The van der Waals surface area contributed by atoms with Crippen LogP contribution in [0.3, 0.4) is 0 Å². The molecule has 0 bridgehead atoms. The summed E-state index contributed by atoms with van der Waals surface area (Å²) in [6.45, 7) is 9.53. The topological polar surface area (TPSA) is 23.5 Å². The van der Waals surface area contributed by atoms with E-state index < -0.39 is 5.60 Å². The number of nitrogens with zero attached hydrogens (tertiary/aromatic N) is 1. The van der Waals surface area contributed by atoms with Crippen LogP contribution in [0.5, 0.6) is 0 Å². The second-order valence-electron chi connectivity index (χ2n) is 4.27. The smallest absolute Gasteiger partial charge is 0.130 e. The first-order chi connectivity index (χ1) is 6.53. The third kappa shape index (κ3) is 2.00. The van der Waals surface area contributed by atoms with Crippen molar-refractivity contribution in [2.24, 2.45) is 5.92 Å². The predicted octanol–water partition coefficient (Wildman–Crippen LogP) is 1.27. The molecule has 0 aromatic carbocycles. The lowest BCUT2D eigenvalue weighted by Gasteiger charge is -2.44. The lowest BCUT2D eigenvalue weighted by Crippen LogP contribution is -2.54. The molecule has 1 fully saturated rings. The Hall–Kier alpha value is -0.780. The van der Waals surface area contributed by atoms with Crippen molar-refractivity contribution >= 4 is 0 Å². The van der Waals surface area contributed by atoms with Gasteiger partial charge in [-0.05, 0) is 6.92 Å². The first-order valence-electron chi connectivity index (χ1n) is 5.08. The molecule has 1 N–H and O–H groups in total. The van der Waals surface area contributed by atoms with E-state index >= 15 is 0 Å². The van der Waals surface area contributed by atoms with Crippen LogP contribution >= 0.6 is 0 Å². The molecule has 2 nitrogen and oxygen atoms in total. The van der Waals surface area contributed by atoms with Gasteiger partial charge < -0.3 is 5.11 Å². The van der Waals surface area contributed by atoms with E-state index in [2.05, 4.69) is 24.3 Å². The quantitative estimate of drug-likeness (QED) is 0.527. The summed E-state index contributed by atoms with van der Waals surface area (Å²) in [5.74, 6) is 2.65. The Morgan fingerprint density at radius 3 is 2.86 bits per heavy atom. The molecular weight excluding hydrogens is 174 g/mol. The molecule has 3 unspecified atom stereocenters. The van der Waals surface area contributed by atoms with Crippen LogP contribution in [0.25, 0.3) is 0 Å². The molecule has 2 heteroatoms. The van der Waals surface area contributed by atoms with Gasteiger partial charge in [0.2, 0.25) is 0 Å². The maximum atomic E-state index is 10.1. The molecule has 1 saturated heterocycles. The highest BCUT2D eigenvalue weighted by Crippen LogP contribution is 2.30. The summed E-state index contributed by atoms with van der Waals surface area (Å²) in [6, 6.07) is 0.324. The number of terminal acetylenes is 1. The Bertz CT molecular complexity index is 256. The van der Waals surface area contributed by atoms with Gasteiger partial charge >= 0.3 is 0 Å². The molecule has 14 heavy (non-hydrogen) atoms. The molecule has 1 rings (SSSR count). The van der Waals surface area contributed by atoms with Crippen LogP contribution in [0.2, 0.25) is 0 Å².